The van der Waals surface area contributed by atoms with Gasteiger partial charge in [-0.3, -0.25) is 19.9 Å². The lowest BCUT2D eigenvalue weighted by Gasteiger charge is -2.17. The largest absolute Gasteiger partial charge is 0.453 e. The fourth-order valence-electron chi connectivity index (χ4n) is 4.10. The standard InChI is InChI=1S/C27H24N6O4/c1-37-27(36)30-18-9-10-19-22(14-18)31-24(34)7-3-2-6-21(25-29-15-23(19)32-25)33-26(35)17-8-11-20-16(13-17)5-4-12-28-20/h2-5,8-15,21H,6-7H2,1H3,(H,29,32)(H,30,36)(H,31,34)(H,33,35)/b3-2+. The second-order valence-corrected chi connectivity index (χ2v) is 8.46. The molecule has 1 aliphatic heterocycles. The first-order valence-electron chi connectivity index (χ1n) is 11.6. The van der Waals surface area contributed by atoms with Gasteiger partial charge in [0, 0.05) is 34.8 Å². The molecule has 1 atom stereocenters. The SMILES string of the molecule is COC(=O)Nc1ccc2c(c1)NC(=O)C/C=C/CC(NC(=O)c1ccc3ncccc3c1)c1ncc-2[nH]1. The van der Waals surface area contributed by atoms with Gasteiger partial charge in [-0.25, -0.2) is 9.78 Å². The summed E-state index contributed by atoms with van der Waals surface area (Å²) in [7, 11) is 1.27. The smallest absolute Gasteiger partial charge is 0.411 e. The van der Waals surface area contributed by atoms with Gasteiger partial charge in [-0.05, 0) is 48.9 Å². The highest BCUT2D eigenvalue weighted by Crippen LogP contribution is 2.31. The van der Waals surface area contributed by atoms with Crippen LogP contribution in [0.15, 0.2) is 73.1 Å². The zero-order chi connectivity index (χ0) is 25.8. The lowest BCUT2D eigenvalue weighted by atomic mass is 10.1. The number of aromatic nitrogens is 3. The molecule has 2 bridgehead atoms. The van der Waals surface area contributed by atoms with Gasteiger partial charge in [-0.1, -0.05) is 18.2 Å². The number of nitrogens with zero attached hydrogens (tertiary/aromatic N) is 2. The highest BCUT2D eigenvalue weighted by atomic mass is 16.5. The van der Waals surface area contributed by atoms with Crippen LogP contribution in [0.1, 0.15) is 35.1 Å². The van der Waals surface area contributed by atoms with Crippen LogP contribution in [0.2, 0.25) is 0 Å². The summed E-state index contributed by atoms with van der Waals surface area (Å²) in [5, 5.41) is 9.40. The van der Waals surface area contributed by atoms with Gasteiger partial charge in [-0.15, -0.1) is 0 Å². The van der Waals surface area contributed by atoms with Gasteiger partial charge in [0.1, 0.15) is 5.82 Å². The Morgan fingerprint density at radius 3 is 2.84 bits per heavy atom. The van der Waals surface area contributed by atoms with E-state index in [0.29, 0.717) is 40.4 Å². The molecule has 10 heteroatoms. The lowest BCUT2D eigenvalue weighted by molar-refractivity contribution is -0.115. The molecule has 2 aromatic heterocycles. The van der Waals surface area contributed by atoms with E-state index in [9.17, 15) is 14.4 Å². The van der Waals surface area contributed by atoms with Gasteiger partial charge in [-0.2, -0.15) is 0 Å². The van der Waals surface area contributed by atoms with Crippen molar-refractivity contribution in [1.82, 2.24) is 20.3 Å². The number of nitrogens with one attached hydrogen (secondary N) is 4. The van der Waals surface area contributed by atoms with Crippen molar-refractivity contribution in [3.8, 4) is 11.3 Å². The highest BCUT2D eigenvalue weighted by molar-refractivity contribution is 5.99. The van der Waals surface area contributed by atoms with Crippen molar-refractivity contribution in [3.05, 3.63) is 84.5 Å². The number of amides is 3. The Labute approximate surface area is 212 Å². The van der Waals surface area contributed by atoms with Crippen LogP contribution in [0.3, 0.4) is 0 Å². The maximum atomic E-state index is 13.1. The van der Waals surface area contributed by atoms with Gasteiger partial charge in [0.15, 0.2) is 0 Å². The number of pyridine rings is 1. The number of rotatable bonds is 3. The number of hydrogen-bond acceptors (Lipinski definition) is 6. The van der Waals surface area contributed by atoms with E-state index < -0.39 is 12.1 Å². The third kappa shape index (κ3) is 5.32. The Kier molecular flexibility index (Phi) is 6.62. The summed E-state index contributed by atoms with van der Waals surface area (Å²) in [6.45, 7) is 0. The van der Waals surface area contributed by atoms with Crippen LogP contribution in [0.25, 0.3) is 22.2 Å². The van der Waals surface area contributed by atoms with E-state index in [1.54, 1.807) is 48.8 Å². The van der Waals surface area contributed by atoms with Crippen LogP contribution in [0.4, 0.5) is 16.2 Å². The van der Waals surface area contributed by atoms with Crippen LogP contribution < -0.4 is 16.0 Å². The molecule has 10 nitrogen and oxygen atoms in total. The number of methoxy groups -OCH3 is 1. The molecular weight excluding hydrogens is 472 g/mol. The van der Waals surface area contributed by atoms with Gasteiger partial charge < -0.3 is 20.4 Å². The summed E-state index contributed by atoms with van der Waals surface area (Å²) < 4.78 is 4.65. The van der Waals surface area contributed by atoms with E-state index in [2.05, 4.69) is 35.6 Å². The average molecular weight is 497 g/mol. The van der Waals surface area contributed by atoms with Gasteiger partial charge in [0.05, 0.1) is 36.2 Å². The minimum Gasteiger partial charge on any atom is -0.453 e. The monoisotopic (exact) mass is 496 g/mol. The highest BCUT2D eigenvalue weighted by Gasteiger charge is 2.20. The zero-order valence-electron chi connectivity index (χ0n) is 19.9. The number of carbonyl (C=O) groups is 3. The lowest BCUT2D eigenvalue weighted by Crippen LogP contribution is -2.29. The summed E-state index contributed by atoms with van der Waals surface area (Å²) >= 11 is 0. The van der Waals surface area contributed by atoms with Crippen LogP contribution in [0, 0.1) is 0 Å². The van der Waals surface area contributed by atoms with Gasteiger partial charge in [0.25, 0.3) is 5.91 Å². The van der Waals surface area contributed by atoms with Crippen molar-refractivity contribution >= 4 is 40.2 Å². The number of hydrogen-bond donors (Lipinski definition) is 4. The molecule has 5 rings (SSSR count). The van der Waals surface area contributed by atoms with Crippen molar-refractivity contribution in [2.45, 2.75) is 18.9 Å². The number of anilines is 2. The molecular formula is C27H24N6O4. The van der Waals surface area contributed by atoms with Crippen LogP contribution in [0.5, 0.6) is 0 Å². The maximum Gasteiger partial charge on any atom is 0.411 e. The summed E-state index contributed by atoms with van der Waals surface area (Å²) in [6.07, 6.45) is 6.92. The predicted molar refractivity (Wildman–Crippen MR) is 139 cm³/mol. The second kappa shape index (κ2) is 10.3. The average Bonchev–Trinajstić information content (AvgIpc) is 3.39. The van der Waals surface area contributed by atoms with E-state index in [1.807, 2.05) is 24.3 Å². The molecule has 2 aromatic carbocycles. The molecule has 0 aliphatic carbocycles. The number of ether oxygens (including phenoxy) is 1. The molecule has 37 heavy (non-hydrogen) atoms. The molecule has 0 spiro atoms. The molecule has 0 radical (unpaired) electrons. The van der Waals surface area contributed by atoms with Crippen LogP contribution in [-0.4, -0.2) is 40.0 Å². The number of benzene rings is 2. The normalized spacial score (nSPS) is 15.9. The molecule has 4 N–H and O–H groups in total. The Morgan fingerprint density at radius 2 is 1.97 bits per heavy atom. The van der Waals surface area contributed by atoms with E-state index in [1.165, 1.54) is 7.11 Å². The number of aromatic amines is 1. The van der Waals surface area contributed by atoms with Crippen LogP contribution >= 0.6 is 0 Å². The first kappa shape index (κ1) is 23.7. The van der Waals surface area contributed by atoms with Crippen molar-refractivity contribution in [1.29, 1.82) is 0 Å². The quantitative estimate of drug-likeness (QED) is 0.307. The summed E-state index contributed by atoms with van der Waals surface area (Å²) in [4.78, 5) is 49.5. The second-order valence-electron chi connectivity index (χ2n) is 8.46. The number of carbonyl (C=O) groups excluding carboxylic acids is 3. The molecule has 0 fully saturated rings. The molecule has 186 valence electrons. The van der Waals surface area contributed by atoms with Crippen molar-refractivity contribution < 1.29 is 19.1 Å². The number of fused-ring (bicyclic) bond motifs is 5. The Morgan fingerprint density at radius 1 is 1.08 bits per heavy atom. The topological polar surface area (TPSA) is 138 Å². The van der Waals surface area contributed by atoms with Gasteiger partial charge in [0.2, 0.25) is 5.91 Å². The van der Waals surface area contributed by atoms with Crippen molar-refractivity contribution in [2.24, 2.45) is 0 Å². The summed E-state index contributed by atoms with van der Waals surface area (Å²) in [5.74, 6) is 0.106. The Bertz CT molecular complexity index is 1530. The zero-order valence-corrected chi connectivity index (χ0v) is 19.9. The molecule has 0 saturated heterocycles. The third-order valence-corrected chi connectivity index (χ3v) is 5.95. The number of H-pyrrole nitrogens is 1. The molecule has 3 heterocycles. The number of imidazole rings is 1. The van der Waals surface area contributed by atoms with Crippen molar-refractivity contribution in [3.63, 3.8) is 0 Å². The van der Waals surface area contributed by atoms with Crippen molar-refractivity contribution in [2.75, 3.05) is 17.7 Å². The minimum atomic E-state index is -0.618. The van der Waals surface area contributed by atoms with E-state index in [0.717, 1.165) is 10.9 Å². The van der Waals surface area contributed by atoms with E-state index >= 15 is 0 Å². The summed E-state index contributed by atoms with van der Waals surface area (Å²) in [5.41, 5.74) is 3.61. The Balaban J connectivity index is 1.45. The molecule has 1 unspecified atom stereocenters. The molecule has 1 aliphatic rings. The fourth-order valence-corrected chi connectivity index (χ4v) is 4.10. The molecule has 3 amide bonds. The fraction of sp³-hybridized carbons (Fsp3) is 0.148. The first-order chi connectivity index (χ1) is 18.0. The Hall–Kier alpha value is -4.99. The summed E-state index contributed by atoms with van der Waals surface area (Å²) in [6, 6.07) is 13.7. The molecule has 4 aromatic rings. The molecule has 0 saturated carbocycles. The third-order valence-electron chi connectivity index (χ3n) is 5.95. The van der Waals surface area contributed by atoms with E-state index in [4.69, 9.17) is 0 Å². The predicted octanol–water partition coefficient (Wildman–Crippen LogP) is 4.56. The first-order valence-corrected chi connectivity index (χ1v) is 11.6. The van der Waals surface area contributed by atoms with Crippen LogP contribution in [-0.2, 0) is 9.53 Å². The maximum absolute atomic E-state index is 13.1. The minimum absolute atomic E-state index is 0.144. The van der Waals surface area contributed by atoms with E-state index in [-0.39, 0.29) is 18.2 Å². The van der Waals surface area contributed by atoms with Gasteiger partial charge >= 0.3 is 6.09 Å².